The van der Waals surface area contributed by atoms with E-state index in [1.54, 1.807) is 0 Å². The molecule has 1 aliphatic carbocycles. The summed E-state index contributed by atoms with van der Waals surface area (Å²) >= 11 is 0. The second-order valence-electron chi connectivity index (χ2n) is 5.20. The van der Waals surface area contributed by atoms with Crippen molar-refractivity contribution in [3.05, 3.63) is 27.2 Å². The molecule has 2 heterocycles. The Morgan fingerprint density at radius 2 is 2.05 bits per heavy atom. The molecule has 2 aromatic heterocycles. The quantitative estimate of drug-likeness (QED) is 0.768. The van der Waals surface area contributed by atoms with E-state index < -0.39 is 11.5 Å². The van der Waals surface area contributed by atoms with Crippen molar-refractivity contribution in [3.8, 4) is 5.88 Å². The Labute approximate surface area is 113 Å². The monoisotopic (exact) mass is 277 g/mol. The highest BCUT2D eigenvalue weighted by molar-refractivity contribution is 5.95. The summed E-state index contributed by atoms with van der Waals surface area (Å²) in [6.07, 6.45) is 3.77. The van der Waals surface area contributed by atoms with Crippen molar-refractivity contribution < 1.29 is 15.0 Å². The Morgan fingerprint density at radius 1 is 1.40 bits per heavy atom. The standard InChI is InChI=1S/C13H15N3O4/c1-6-8(13(19)20)10-14-11(17)9(7-4-2-3-5-7)12(18)16(10)15-6/h7,18H,2-5H2,1H3,(H,14,17)(H,19,20). The van der Waals surface area contributed by atoms with Crippen LogP contribution in [0.5, 0.6) is 5.88 Å². The van der Waals surface area contributed by atoms with Gasteiger partial charge < -0.3 is 15.2 Å². The van der Waals surface area contributed by atoms with Gasteiger partial charge in [-0.05, 0) is 25.7 Å². The molecule has 20 heavy (non-hydrogen) atoms. The minimum absolute atomic E-state index is 0.0148. The first kappa shape index (κ1) is 12.7. The van der Waals surface area contributed by atoms with Gasteiger partial charge in [0.05, 0.1) is 11.3 Å². The van der Waals surface area contributed by atoms with Crippen molar-refractivity contribution in [3.63, 3.8) is 0 Å². The summed E-state index contributed by atoms with van der Waals surface area (Å²) in [5.74, 6) is -1.41. The van der Waals surface area contributed by atoms with Crippen LogP contribution < -0.4 is 5.56 Å². The van der Waals surface area contributed by atoms with Crippen LogP contribution in [-0.4, -0.2) is 30.8 Å². The minimum Gasteiger partial charge on any atom is -0.493 e. The van der Waals surface area contributed by atoms with E-state index >= 15 is 0 Å². The number of carboxylic acid groups (broad SMARTS) is 1. The molecule has 1 saturated carbocycles. The molecule has 1 aliphatic rings. The fraction of sp³-hybridized carbons (Fsp3) is 0.462. The number of aromatic nitrogens is 3. The third-order valence-electron chi connectivity index (χ3n) is 3.96. The molecular weight excluding hydrogens is 262 g/mol. The molecule has 0 aromatic carbocycles. The molecule has 3 N–H and O–H groups in total. The third kappa shape index (κ3) is 1.70. The SMILES string of the molecule is Cc1nn2c(O)c(C3CCCC3)c(=O)[nH]c2c1C(=O)O. The molecular formula is C13H15N3O4. The van der Waals surface area contributed by atoms with Crippen molar-refractivity contribution in [1.82, 2.24) is 14.6 Å². The molecule has 0 radical (unpaired) electrons. The maximum absolute atomic E-state index is 12.2. The molecule has 1 fully saturated rings. The zero-order chi connectivity index (χ0) is 14.4. The molecule has 0 atom stereocenters. The topological polar surface area (TPSA) is 108 Å². The van der Waals surface area contributed by atoms with Crippen molar-refractivity contribution in [2.45, 2.75) is 38.5 Å². The van der Waals surface area contributed by atoms with Gasteiger partial charge in [-0.3, -0.25) is 4.79 Å². The van der Waals surface area contributed by atoms with Crippen LogP contribution in [-0.2, 0) is 0 Å². The van der Waals surface area contributed by atoms with Crippen LogP contribution in [0.3, 0.4) is 0 Å². The fourth-order valence-electron chi connectivity index (χ4n) is 3.02. The average molecular weight is 277 g/mol. The highest BCUT2D eigenvalue weighted by Gasteiger charge is 2.27. The minimum atomic E-state index is -1.18. The Hall–Kier alpha value is -2.31. The fourth-order valence-corrected chi connectivity index (χ4v) is 3.02. The molecule has 7 heteroatoms. The van der Waals surface area contributed by atoms with Gasteiger partial charge in [0.1, 0.15) is 5.56 Å². The smallest absolute Gasteiger partial charge is 0.341 e. The molecule has 0 saturated heterocycles. The van der Waals surface area contributed by atoms with Crippen LogP contribution in [0.4, 0.5) is 0 Å². The van der Waals surface area contributed by atoms with Gasteiger partial charge in [-0.1, -0.05) is 12.8 Å². The van der Waals surface area contributed by atoms with E-state index in [2.05, 4.69) is 10.1 Å². The van der Waals surface area contributed by atoms with Gasteiger partial charge in [0.2, 0.25) is 5.88 Å². The number of nitrogens with one attached hydrogen (secondary N) is 1. The highest BCUT2D eigenvalue weighted by atomic mass is 16.4. The number of aromatic hydroxyl groups is 1. The number of hydrogen-bond acceptors (Lipinski definition) is 4. The molecule has 7 nitrogen and oxygen atoms in total. The van der Waals surface area contributed by atoms with Gasteiger partial charge in [-0.15, -0.1) is 0 Å². The predicted molar refractivity (Wildman–Crippen MR) is 70.4 cm³/mol. The first-order valence-electron chi connectivity index (χ1n) is 6.58. The molecule has 0 aliphatic heterocycles. The van der Waals surface area contributed by atoms with E-state index in [9.17, 15) is 14.7 Å². The van der Waals surface area contributed by atoms with E-state index in [4.69, 9.17) is 5.11 Å². The Balaban J connectivity index is 2.31. The second-order valence-corrected chi connectivity index (χ2v) is 5.20. The van der Waals surface area contributed by atoms with Crippen LogP contribution in [0.15, 0.2) is 4.79 Å². The van der Waals surface area contributed by atoms with Gasteiger partial charge in [0.25, 0.3) is 5.56 Å². The summed E-state index contributed by atoms with van der Waals surface area (Å²) in [5.41, 5.74) is 0.0837. The summed E-state index contributed by atoms with van der Waals surface area (Å²) in [4.78, 5) is 25.9. The lowest BCUT2D eigenvalue weighted by molar-refractivity contribution is 0.0698. The average Bonchev–Trinajstić information content (AvgIpc) is 2.96. The third-order valence-corrected chi connectivity index (χ3v) is 3.96. The van der Waals surface area contributed by atoms with Crippen LogP contribution in [0.2, 0.25) is 0 Å². The molecule has 0 amide bonds. The number of carboxylic acids is 1. The molecule has 2 aromatic rings. The largest absolute Gasteiger partial charge is 0.493 e. The number of rotatable bonds is 2. The number of aryl methyl sites for hydroxylation is 1. The number of H-pyrrole nitrogens is 1. The van der Waals surface area contributed by atoms with E-state index in [0.717, 1.165) is 30.2 Å². The summed E-state index contributed by atoms with van der Waals surface area (Å²) < 4.78 is 1.12. The Morgan fingerprint density at radius 3 is 2.65 bits per heavy atom. The molecule has 0 spiro atoms. The number of aromatic carboxylic acids is 1. The zero-order valence-electron chi connectivity index (χ0n) is 11.0. The van der Waals surface area contributed by atoms with Gasteiger partial charge in [0, 0.05) is 0 Å². The number of fused-ring (bicyclic) bond motifs is 1. The number of nitrogens with zero attached hydrogens (tertiary/aromatic N) is 2. The molecule has 0 unspecified atom stereocenters. The van der Waals surface area contributed by atoms with Crippen LogP contribution in [0.1, 0.15) is 53.2 Å². The summed E-state index contributed by atoms with van der Waals surface area (Å²) in [5, 5.41) is 23.5. The maximum Gasteiger partial charge on any atom is 0.341 e. The zero-order valence-corrected chi connectivity index (χ0v) is 11.0. The Kier molecular flexibility index (Phi) is 2.77. The van der Waals surface area contributed by atoms with Gasteiger partial charge in [0.15, 0.2) is 5.65 Å². The van der Waals surface area contributed by atoms with E-state index in [1.165, 1.54) is 6.92 Å². The maximum atomic E-state index is 12.2. The van der Waals surface area contributed by atoms with Crippen LogP contribution in [0.25, 0.3) is 5.65 Å². The molecule has 106 valence electrons. The highest BCUT2D eigenvalue weighted by Crippen LogP contribution is 2.36. The second kappa shape index (κ2) is 4.36. The number of aromatic amines is 1. The lowest BCUT2D eigenvalue weighted by Gasteiger charge is -2.11. The lowest BCUT2D eigenvalue weighted by atomic mass is 10.00. The van der Waals surface area contributed by atoms with Crippen LogP contribution >= 0.6 is 0 Å². The summed E-state index contributed by atoms with van der Waals surface area (Å²) in [7, 11) is 0. The lowest BCUT2D eigenvalue weighted by Crippen LogP contribution is -2.18. The first-order chi connectivity index (χ1) is 9.50. The van der Waals surface area contributed by atoms with Crippen molar-refractivity contribution >= 4 is 11.6 Å². The van der Waals surface area contributed by atoms with Crippen LogP contribution in [0, 0.1) is 6.92 Å². The van der Waals surface area contributed by atoms with Gasteiger partial charge in [-0.25, -0.2) is 4.79 Å². The van der Waals surface area contributed by atoms with E-state index in [-0.39, 0.29) is 28.7 Å². The van der Waals surface area contributed by atoms with Gasteiger partial charge in [-0.2, -0.15) is 9.61 Å². The van der Waals surface area contributed by atoms with Crippen molar-refractivity contribution in [2.24, 2.45) is 0 Å². The van der Waals surface area contributed by atoms with E-state index in [1.807, 2.05) is 0 Å². The van der Waals surface area contributed by atoms with Crippen molar-refractivity contribution in [1.29, 1.82) is 0 Å². The Bertz CT molecular complexity index is 753. The van der Waals surface area contributed by atoms with E-state index in [0.29, 0.717) is 5.56 Å². The number of carbonyl (C=O) groups is 1. The molecule has 0 bridgehead atoms. The van der Waals surface area contributed by atoms with Gasteiger partial charge >= 0.3 is 5.97 Å². The predicted octanol–water partition coefficient (Wildman–Crippen LogP) is 1.39. The van der Waals surface area contributed by atoms with Crippen molar-refractivity contribution in [2.75, 3.05) is 0 Å². The summed E-state index contributed by atoms with van der Waals surface area (Å²) in [6, 6.07) is 0. The first-order valence-corrected chi connectivity index (χ1v) is 6.58. The number of hydrogen-bond donors (Lipinski definition) is 3. The normalized spacial score (nSPS) is 16.1. The molecule has 3 rings (SSSR count). The summed E-state index contributed by atoms with van der Waals surface area (Å²) in [6.45, 7) is 1.53.